The normalized spacial score (nSPS) is 14.5. The topological polar surface area (TPSA) is 83.4 Å². The van der Waals surface area contributed by atoms with Crippen LogP contribution in [-0.2, 0) is 19.1 Å². The van der Waals surface area contributed by atoms with Crippen LogP contribution in [0.2, 0.25) is 0 Å². The van der Waals surface area contributed by atoms with E-state index in [1.165, 1.54) is 11.3 Å². The van der Waals surface area contributed by atoms with Crippen molar-refractivity contribution in [3.05, 3.63) is 49.4 Å². The van der Waals surface area contributed by atoms with Gasteiger partial charge in [0.1, 0.15) is 0 Å². The van der Waals surface area contributed by atoms with Crippen LogP contribution in [0.25, 0.3) is 6.08 Å². The van der Waals surface area contributed by atoms with Gasteiger partial charge in [0, 0.05) is 0 Å². The first-order chi connectivity index (χ1) is 14.0. The number of hydrogen-bond donors (Lipinski definition) is 0. The molecule has 1 aromatic heterocycles. The quantitative estimate of drug-likeness (QED) is 0.293. The SMILES string of the molecule is CCOC(=O)COc1c(I)cc(/C=C2/N=C(c3cccs3)OC2=O)cc1OCC. The van der Waals surface area contributed by atoms with E-state index in [1.807, 2.05) is 30.5 Å². The van der Waals surface area contributed by atoms with E-state index in [4.69, 9.17) is 18.9 Å². The van der Waals surface area contributed by atoms with Crippen LogP contribution in [0.3, 0.4) is 0 Å². The van der Waals surface area contributed by atoms with E-state index in [-0.39, 0.29) is 18.9 Å². The van der Waals surface area contributed by atoms with Crippen molar-refractivity contribution in [1.82, 2.24) is 0 Å². The molecule has 29 heavy (non-hydrogen) atoms. The Hall–Kier alpha value is -2.40. The first-order valence-corrected chi connectivity index (χ1v) is 10.8. The Balaban J connectivity index is 1.87. The van der Waals surface area contributed by atoms with E-state index >= 15 is 0 Å². The molecule has 1 aliphatic heterocycles. The van der Waals surface area contributed by atoms with Crippen LogP contribution in [0.5, 0.6) is 11.5 Å². The summed E-state index contributed by atoms with van der Waals surface area (Å²) in [5.41, 5.74) is 0.899. The van der Waals surface area contributed by atoms with Gasteiger partial charge in [-0.3, -0.25) is 0 Å². The zero-order valence-electron chi connectivity index (χ0n) is 15.8. The van der Waals surface area contributed by atoms with E-state index in [0.717, 1.165) is 8.45 Å². The minimum Gasteiger partial charge on any atom is -0.490 e. The summed E-state index contributed by atoms with van der Waals surface area (Å²) >= 11 is 3.53. The largest absolute Gasteiger partial charge is 0.490 e. The maximum atomic E-state index is 12.2. The second kappa shape index (κ2) is 9.88. The molecular weight excluding hydrogens is 509 g/mol. The van der Waals surface area contributed by atoms with Crippen LogP contribution < -0.4 is 9.47 Å². The maximum Gasteiger partial charge on any atom is 0.363 e. The Bertz CT molecular complexity index is 968. The highest BCUT2D eigenvalue weighted by atomic mass is 127. The van der Waals surface area contributed by atoms with E-state index < -0.39 is 11.9 Å². The molecule has 0 unspecified atom stereocenters. The lowest BCUT2D eigenvalue weighted by molar-refractivity contribution is -0.145. The molecule has 0 saturated heterocycles. The molecule has 0 radical (unpaired) electrons. The molecule has 0 amide bonds. The minimum absolute atomic E-state index is 0.201. The smallest absolute Gasteiger partial charge is 0.363 e. The average molecular weight is 527 g/mol. The lowest BCUT2D eigenvalue weighted by Crippen LogP contribution is -2.15. The lowest BCUT2D eigenvalue weighted by atomic mass is 10.1. The first kappa shape index (κ1) is 21.3. The summed E-state index contributed by atoms with van der Waals surface area (Å²) in [6, 6.07) is 7.24. The Morgan fingerprint density at radius 1 is 1.28 bits per heavy atom. The van der Waals surface area contributed by atoms with Gasteiger partial charge in [0.2, 0.25) is 5.90 Å². The Labute approximate surface area is 185 Å². The summed E-state index contributed by atoms with van der Waals surface area (Å²) in [5.74, 6) is 0.235. The van der Waals surface area contributed by atoms with Gasteiger partial charge in [-0.2, -0.15) is 0 Å². The van der Waals surface area contributed by atoms with E-state index in [2.05, 4.69) is 27.6 Å². The number of carbonyl (C=O) groups excluding carboxylic acids is 2. The van der Waals surface area contributed by atoms with Gasteiger partial charge in [0.25, 0.3) is 0 Å². The molecule has 0 aliphatic carbocycles. The molecule has 0 fully saturated rings. The van der Waals surface area contributed by atoms with Crippen molar-refractivity contribution in [3.63, 3.8) is 0 Å². The highest BCUT2D eigenvalue weighted by Crippen LogP contribution is 2.35. The lowest BCUT2D eigenvalue weighted by Gasteiger charge is -2.14. The molecule has 0 N–H and O–H groups in total. The van der Waals surface area contributed by atoms with Crippen LogP contribution in [0, 0.1) is 3.57 Å². The summed E-state index contributed by atoms with van der Waals surface area (Å²) < 4.78 is 22.1. The second-order valence-electron chi connectivity index (χ2n) is 5.67. The molecule has 0 spiro atoms. The van der Waals surface area contributed by atoms with Crippen LogP contribution >= 0.6 is 33.9 Å². The number of halogens is 1. The number of cyclic esters (lactones) is 1. The fourth-order valence-electron chi connectivity index (χ4n) is 2.48. The number of aliphatic imine (C=N–C) groups is 1. The van der Waals surface area contributed by atoms with Crippen LogP contribution in [0.1, 0.15) is 24.3 Å². The highest BCUT2D eigenvalue weighted by molar-refractivity contribution is 14.1. The number of carbonyl (C=O) groups is 2. The second-order valence-corrected chi connectivity index (χ2v) is 7.78. The van der Waals surface area contributed by atoms with Gasteiger partial charge in [-0.1, -0.05) is 6.07 Å². The standard InChI is InChI=1S/C20H18INO6S/c1-3-25-15-10-12(8-13(21)18(15)27-11-17(23)26-4-2)9-14-20(24)28-19(22-14)16-6-5-7-29-16/h5-10H,3-4,11H2,1-2H3/b14-9+. The van der Waals surface area contributed by atoms with E-state index in [1.54, 1.807) is 19.1 Å². The van der Waals surface area contributed by atoms with Crippen LogP contribution in [-0.4, -0.2) is 37.7 Å². The Morgan fingerprint density at radius 2 is 2.10 bits per heavy atom. The summed E-state index contributed by atoms with van der Waals surface area (Å²) in [5, 5.41) is 1.89. The monoisotopic (exact) mass is 527 g/mol. The third kappa shape index (κ3) is 5.36. The maximum absolute atomic E-state index is 12.2. The number of rotatable bonds is 8. The molecule has 9 heteroatoms. The van der Waals surface area contributed by atoms with Crippen molar-refractivity contribution >= 4 is 57.8 Å². The number of hydrogen-bond acceptors (Lipinski definition) is 8. The summed E-state index contributed by atoms with van der Waals surface area (Å²) in [4.78, 5) is 28.9. The fourth-order valence-corrected chi connectivity index (χ4v) is 3.91. The van der Waals surface area contributed by atoms with E-state index in [0.29, 0.717) is 29.6 Å². The summed E-state index contributed by atoms with van der Waals surface area (Å²) in [6.45, 7) is 4.06. The molecule has 1 aromatic carbocycles. The number of nitrogens with zero attached hydrogens (tertiary/aromatic N) is 1. The molecule has 0 atom stereocenters. The Morgan fingerprint density at radius 3 is 2.79 bits per heavy atom. The van der Waals surface area contributed by atoms with Crippen molar-refractivity contribution in [2.24, 2.45) is 4.99 Å². The summed E-state index contributed by atoms with van der Waals surface area (Å²) in [7, 11) is 0. The summed E-state index contributed by atoms with van der Waals surface area (Å²) in [6.07, 6.45) is 1.63. The fraction of sp³-hybridized carbons (Fsp3) is 0.250. The average Bonchev–Trinajstić information content (AvgIpc) is 3.32. The van der Waals surface area contributed by atoms with Crippen molar-refractivity contribution in [3.8, 4) is 11.5 Å². The molecule has 152 valence electrons. The van der Waals surface area contributed by atoms with Crippen molar-refractivity contribution in [1.29, 1.82) is 0 Å². The van der Waals surface area contributed by atoms with Gasteiger partial charge in [-0.25, -0.2) is 14.6 Å². The number of thiophene rings is 1. The predicted molar refractivity (Wildman–Crippen MR) is 117 cm³/mol. The van der Waals surface area contributed by atoms with Crippen molar-refractivity contribution in [2.45, 2.75) is 13.8 Å². The number of esters is 2. The van der Waals surface area contributed by atoms with Crippen LogP contribution in [0.4, 0.5) is 0 Å². The van der Waals surface area contributed by atoms with Gasteiger partial charge in [-0.05, 0) is 71.7 Å². The van der Waals surface area contributed by atoms with Gasteiger partial charge >= 0.3 is 11.9 Å². The molecule has 3 rings (SSSR count). The molecule has 1 aliphatic rings. The van der Waals surface area contributed by atoms with Crippen molar-refractivity contribution in [2.75, 3.05) is 19.8 Å². The van der Waals surface area contributed by atoms with Gasteiger partial charge in [0.15, 0.2) is 23.8 Å². The zero-order chi connectivity index (χ0) is 20.8. The number of benzene rings is 1. The third-order valence-corrected chi connectivity index (χ3v) is 5.29. The minimum atomic E-state index is -0.510. The van der Waals surface area contributed by atoms with Crippen LogP contribution in [0.15, 0.2) is 40.3 Å². The molecule has 0 bridgehead atoms. The first-order valence-electron chi connectivity index (χ1n) is 8.83. The highest BCUT2D eigenvalue weighted by Gasteiger charge is 2.25. The zero-order valence-corrected chi connectivity index (χ0v) is 18.7. The Kier molecular flexibility index (Phi) is 7.26. The number of ether oxygens (including phenoxy) is 4. The van der Waals surface area contributed by atoms with Gasteiger partial charge in [-0.15, -0.1) is 11.3 Å². The molecular formula is C20H18INO6S. The molecule has 2 aromatic rings. The van der Waals surface area contributed by atoms with Gasteiger partial charge < -0.3 is 18.9 Å². The predicted octanol–water partition coefficient (Wildman–Crippen LogP) is 4.04. The molecule has 2 heterocycles. The third-order valence-electron chi connectivity index (χ3n) is 3.63. The molecule has 0 saturated carbocycles. The van der Waals surface area contributed by atoms with Gasteiger partial charge in [0.05, 0.1) is 21.7 Å². The van der Waals surface area contributed by atoms with E-state index in [9.17, 15) is 9.59 Å². The molecule has 7 nitrogen and oxygen atoms in total. The van der Waals surface area contributed by atoms with Crippen molar-refractivity contribution < 1.29 is 28.5 Å².